The van der Waals surface area contributed by atoms with Crippen molar-refractivity contribution in [2.45, 2.75) is 19.9 Å². The van der Waals surface area contributed by atoms with Crippen molar-refractivity contribution in [1.29, 1.82) is 0 Å². The zero-order valence-corrected chi connectivity index (χ0v) is 15.3. The van der Waals surface area contributed by atoms with Gasteiger partial charge in [0, 0.05) is 30.2 Å². The molecule has 0 aliphatic carbocycles. The number of nitrogens with one attached hydrogen (secondary N) is 1. The summed E-state index contributed by atoms with van der Waals surface area (Å²) >= 11 is 0. The van der Waals surface area contributed by atoms with Gasteiger partial charge in [-0.3, -0.25) is 4.98 Å². The van der Waals surface area contributed by atoms with Crippen molar-refractivity contribution < 1.29 is 8.42 Å². The van der Waals surface area contributed by atoms with E-state index in [0.29, 0.717) is 19.5 Å². The fourth-order valence-electron chi connectivity index (χ4n) is 3.27. The lowest BCUT2D eigenvalue weighted by Crippen LogP contribution is -2.37. The lowest BCUT2D eigenvalue weighted by Gasteiger charge is -2.28. The average Bonchev–Trinajstić information content (AvgIpc) is 2.67. The molecule has 1 aliphatic rings. The predicted octanol–water partition coefficient (Wildman–Crippen LogP) is 3.08. The van der Waals surface area contributed by atoms with E-state index in [0.717, 1.165) is 33.5 Å². The normalized spacial score (nSPS) is 15.0. The molecule has 4 rings (SSSR count). The van der Waals surface area contributed by atoms with Gasteiger partial charge in [-0.2, -0.15) is 4.31 Å². The molecule has 7 heteroatoms. The lowest BCUT2D eigenvalue weighted by atomic mass is 10.0. The number of rotatable bonds is 4. The van der Waals surface area contributed by atoms with Gasteiger partial charge in [-0.15, -0.1) is 0 Å². The first-order valence-electron chi connectivity index (χ1n) is 8.63. The fraction of sp³-hybridized carbons (Fsp3) is 0.263. The largest absolute Gasteiger partial charge is 0.339 e. The number of fused-ring (bicyclic) bond motifs is 2. The number of aromatic nitrogens is 2. The molecule has 0 amide bonds. The van der Waals surface area contributed by atoms with Gasteiger partial charge >= 0.3 is 0 Å². The molecule has 0 radical (unpaired) electrons. The number of hydrogen-bond acceptors (Lipinski definition) is 5. The number of para-hydroxylation sites is 1. The molecule has 0 saturated carbocycles. The number of anilines is 2. The highest BCUT2D eigenvalue weighted by Gasteiger charge is 2.26. The van der Waals surface area contributed by atoms with Crippen LogP contribution in [-0.4, -0.2) is 35.0 Å². The molecule has 26 heavy (non-hydrogen) atoms. The van der Waals surface area contributed by atoms with E-state index < -0.39 is 10.0 Å². The molecule has 1 aromatic carbocycles. The van der Waals surface area contributed by atoms with Crippen LogP contribution in [0.4, 0.5) is 11.5 Å². The molecule has 0 atom stereocenters. The maximum absolute atomic E-state index is 12.2. The van der Waals surface area contributed by atoms with Crippen LogP contribution < -0.4 is 5.32 Å². The third-order valence-corrected chi connectivity index (χ3v) is 6.55. The summed E-state index contributed by atoms with van der Waals surface area (Å²) in [5.41, 5.74) is 3.89. The van der Waals surface area contributed by atoms with Crippen molar-refractivity contribution in [1.82, 2.24) is 14.3 Å². The molecular weight excluding hydrogens is 348 g/mol. The maximum Gasteiger partial charge on any atom is 0.214 e. The van der Waals surface area contributed by atoms with E-state index in [9.17, 15) is 8.42 Å². The Balaban J connectivity index is 1.63. The molecule has 6 nitrogen and oxygen atoms in total. The number of benzene rings is 1. The van der Waals surface area contributed by atoms with Gasteiger partial charge in [0.2, 0.25) is 10.0 Å². The molecule has 3 heterocycles. The Morgan fingerprint density at radius 3 is 2.88 bits per heavy atom. The SMILES string of the molecule is CCS(=O)(=O)N1CCc2c(ccnc2Nc2cnc3ccccc3c2)C1. The van der Waals surface area contributed by atoms with Gasteiger partial charge in [0.15, 0.2) is 0 Å². The van der Waals surface area contributed by atoms with Gasteiger partial charge in [-0.25, -0.2) is 13.4 Å². The molecule has 0 spiro atoms. The Labute approximate surface area is 152 Å². The van der Waals surface area contributed by atoms with Crippen molar-refractivity contribution in [3.05, 3.63) is 59.9 Å². The average molecular weight is 368 g/mol. The summed E-state index contributed by atoms with van der Waals surface area (Å²) in [7, 11) is -3.18. The minimum absolute atomic E-state index is 0.126. The molecular formula is C19H20N4O2S. The molecule has 0 saturated heterocycles. The molecule has 134 valence electrons. The van der Waals surface area contributed by atoms with E-state index in [2.05, 4.69) is 15.3 Å². The highest BCUT2D eigenvalue weighted by atomic mass is 32.2. The van der Waals surface area contributed by atoms with Crippen molar-refractivity contribution in [2.75, 3.05) is 17.6 Å². The Bertz CT molecular complexity index is 1070. The van der Waals surface area contributed by atoms with Gasteiger partial charge in [-0.1, -0.05) is 18.2 Å². The quantitative estimate of drug-likeness (QED) is 0.766. The summed E-state index contributed by atoms with van der Waals surface area (Å²) in [6.45, 7) is 2.56. The van der Waals surface area contributed by atoms with Crippen LogP contribution in [0.25, 0.3) is 10.9 Å². The summed E-state index contributed by atoms with van der Waals surface area (Å²) in [5, 5.41) is 4.41. The maximum atomic E-state index is 12.2. The van der Waals surface area contributed by atoms with Crippen molar-refractivity contribution in [3.8, 4) is 0 Å². The monoisotopic (exact) mass is 368 g/mol. The van der Waals surface area contributed by atoms with Crippen LogP contribution in [0.1, 0.15) is 18.1 Å². The second kappa shape index (κ2) is 6.66. The standard InChI is InChI=1S/C19H20N4O2S/c1-2-26(24,25)23-10-8-17-15(13-23)7-9-20-19(17)22-16-11-14-5-3-4-6-18(14)21-12-16/h3-7,9,11-12H,2,8,10,13H2,1H3,(H,20,22). The first kappa shape index (κ1) is 16.9. The Morgan fingerprint density at radius 2 is 2.04 bits per heavy atom. The minimum Gasteiger partial charge on any atom is -0.339 e. The highest BCUT2D eigenvalue weighted by molar-refractivity contribution is 7.89. The Morgan fingerprint density at radius 1 is 1.19 bits per heavy atom. The van der Waals surface area contributed by atoms with Gasteiger partial charge in [0.1, 0.15) is 5.82 Å². The van der Waals surface area contributed by atoms with Crippen molar-refractivity contribution >= 4 is 32.4 Å². The molecule has 1 aliphatic heterocycles. The zero-order valence-electron chi connectivity index (χ0n) is 14.5. The van der Waals surface area contributed by atoms with Gasteiger partial charge in [0.25, 0.3) is 0 Å². The molecule has 1 N–H and O–H groups in total. The first-order valence-corrected chi connectivity index (χ1v) is 10.2. The fourth-order valence-corrected chi connectivity index (χ4v) is 4.34. The van der Waals surface area contributed by atoms with Crippen LogP contribution in [-0.2, 0) is 23.0 Å². The van der Waals surface area contributed by atoms with Crippen molar-refractivity contribution in [3.63, 3.8) is 0 Å². The van der Waals surface area contributed by atoms with E-state index in [1.807, 2.05) is 36.4 Å². The third-order valence-electron chi connectivity index (χ3n) is 4.72. The van der Waals surface area contributed by atoms with Gasteiger partial charge in [0.05, 0.1) is 23.2 Å². The van der Waals surface area contributed by atoms with Crippen LogP contribution >= 0.6 is 0 Å². The van der Waals surface area contributed by atoms with Crippen LogP contribution in [0.15, 0.2) is 48.8 Å². The summed E-state index contributed by atoms with van der Waals surface area (Å²) in [6, 6.07) is 11.9. The lowest BCUT2D eigenvalue weighted by molar-refractivity contribution is 0.392. The summed E-state index contributed by atoms with van der Waals surface area (Å²) < 4.78 is 25.9. The second-order valence-corrected chi connectivity index (χ2v) is 8.58. The van der Waals surface area contributed by atoms with Crippen LogP contribution in [0.3, 0.4) is 0 Å². The number of hydrogen-bond donors (Lipinski definition) is 1. The number of pyridine rings is 2. The van der Waals surface area contributed by atoms with E-state index in [-0.39, 0.29) is 5.75 Å². The van der Waals surface area contributed by atoms with E-state index in [1.54, 1.807) is 23.6 Å². The summed E-state index contributed by atoms with van der Waals surface area (Å²) in [6.07, 6.45) is 4.16. The van der Waals surface area contributed by atoms with Gasteiger partial charge in [-0.05, 0) is 37.1 Å². The van der Waals surface area contributed by atoms with E-state index in [4.69, 9.17) is 0 Å². The second-order valence-electron chi connectivity index (χ2n) is 6.32. The topological polar surface area (TPSA) is 75.2 Å². The van der Waals surface area contributed by atoms with Crippen LogP contribution in [0, 0.1) is 0 Å². The highest BCUT2D eigenvalue weighted by Crippen LogP contribution is 2.28. The number of sulfonamides is 1. The van der Waals surface area contributed by atoms with Crippen LogP contribution in [0.5, 0.6) is 0 Å². The number of nitrogens with zero attached hydrogens (tertiary/aromatic N) is 3. The van der Waals surface area contributed by atoms with Crippen molar-refractivity contribution in [2.24, 2.45) is 0 Å². The van der Waals surface area contributed by atoms with Crippen LogP contribution in [0.2, 0.25) is 0 Å². The third kappa shape index (κ3) is 3.15. The summed E-state index contributed by atoms with van der Waals surface area (Å²) in [5.74, 6) is 0.898. The summed E-state index contributed by atoms with van der Waals surface area (Å²) in [4.78, 5) is 8.93. The minimum atomic E-state index is -3.18. The molecule has 0 fully saturated rings. The Kier molecular flexibility index (Phi) is 4.34. The molecule has 3 aromatic rings. The van der Waals surface area contributed by atoms with E-state index >= 15 is 0 Å². The smallest absolute Gasteiger partial charge is 0.214 e. The van der Waals surface area contributed by atoms with Gasteiger partial charge < -0.3 is 5.32 Å². The zero-order chi connectivity index (χ0) is 18.1. The molecule has 2 aromatic heterocycles. The molecule has 0 unspecified atom stereocenters. The predicted molar refractivity (Wildman–Crippen MR) is 103 cm³/mol. The molecule has 0 bridgehead atoms. The Hall–Kier alpha value is -2.51. The first-order chi connectivity index (χ1) is 12.6. The van der Waals surface area contributed by atoms with E-state index in [1.165, 1.54) is 0 Å².